The maximum absolute atomic E-state index is 12.0. The van der Waals surface area contributed by atoms with Crippen LogP contribution in [0.3, 0.4) is 0 Å². The first-order valence-electron chi connectivity index (χ1n) is 6.27. The average Bonchev–Trinajstić information content (AvgIpc) is 2.44. The second-order valence-electron chi connectivity index (χ2n) is 4.23. The third kappa shape index (κ3) is 3.97. The van der Waals surface area contributed by atoms with Crippen LogP contribution in [0.1, 0.15) is 31.7 Å². The number of nitriles is 1. The van der Waals surface area contributed by atoms with Gasteiger partial charge in [-0.1, -0.05) is 25.8 Å². The number of anilines is 1. The molecule has 5 heteroatoms. The second kappa shape index (κ2) is 7.39. The van der Waals surface area contributed by atoms with Crippen molar-refractivity contribution in [3.63, 3.8) is 0 Å². The highest BCUT2D eigenvalue weighted by Crippen LogP contribution is 2.27. The molecular formula is C14H19N3O2. The van der Waals surface area contributed by atoms with Crippen molar-refractivity contribution in [2.75, 3.05) is 12.4 Å². The van der Waals surface area contributed by atoms with Crippen molar-refractivity contribution < 1.29 is 9.53 Å². The van der Waals surface area contributed by atoms with Crippen LogP contribution in [-0.4, -0.2) is 19.1 Å². The molecule has 0 aliphatic rings. The zero-order valence-corrected chi connectivity index (χ0v) is 11.3. The zero-order valence-electron chi connectivity index (χ0n) is 11.3. The fourth-order valence-corrected chi connectivity index (χ4v) is 1.69. The van der Waals surface area contributed by atoms with Crippen molar-refractivity contribution in [1.29, 1.82) is 5.26 Å². The molecule has 0 aliphatic heterocycles. The van der Waals surface area contributed by atoms with Gasteiger partial charge in [-0.3, -0.25) is 4.79 Å². The third-order valence-corrected chi connectivity index (χ3v) is 2.82. The van der Waals surface area contributed by atoms with Crippen LogP contribution in [0, 0.1) is 11.3 Å². The highest BCUT2D eigenvalue weighted by Gasteiger charge is 2.17. The number of rotatable bonds is 6. The van der Waals surface area contributed by atoms with Crippen molar-refractivity contribution in [1.82, 2.24) is 0 Å². The smallest absolute Gasteiger partial charge is 0.241 e. The lowest BCUT2D eigenvalue weighted by atomic mass is 10.1. The minimum absolute atomic E-state index is 0.297. The van der Waals surface area contributed by atoms with E-state index in [1.807, 2.05) is 13.0 Å². The molecule has 3 N–H and O–H groups in total. The molecule has 19 heavy (non-hydrogen) atoms. The Morgan fingerprint density at radius 1 is 1.58 bits per heavy atom. The predicted molar refractivity (Wildman–Crippen MR) is 73.8 cm³/mol. The maximum atomic E-state index is 12.0. The Morgan fingerprint density at radius 3 is 2.89 bits per heavy atom. The van der Waals surface area contributed by atoms with Crippen LogP contribution in [0.15, 0.2) is 18.2 Å². The molecule has 1 aromatic rings. The van der Waals surface area contributed by atoms with Gasteiger partial charge in [-0.2, -0.15) is 5.26 Å². The van der Waals surface area contributed by atoms with Crippen molar-refractivity contribution in [2.24, 2.45) is 5.73 Å². The van der Waals surface area contributed by atoms with Crippen molar-refractivity contribution in [3.8, 4) is 11.8 Å². The number of unbranched alkanes of at least 4 members (excludes halogenated alkanes) is 1. The summed E-state index contributed by atoms with van der Waals surface area (Å²) in [6.45, 7) is 2.04. The zero-order chi connectivity index (χ0) is 14.3. The van der Waals surface area contributed by atoms with Gasteiger partial charge >= 0.3 is 0 Å². The molecule has 0 heterocycles. The van der Waals surface area contributed by atoms with Gasteiger partial charge in [-0.25, -0.2) is 0 Å². The second-order valence-corrected chi connectivity index (χ2v) is 4.23. The number of hydrogen-bond donors (Lipinski definition) is 2. The van der Waals surface area contributed by atoms with Gasteiger partial charge in [-0.05, 0) is 18.6 Å². The Kier molecular flexibility index (Phi) is 5.83. The van der Waals surface area contributed by atoms with Crippen LogP contribution in [0.25, 0.3) is 0 Å². The van der Waals surface area contributed by atoms with E-state index < -0.39 is 6.04 Å². The number of amides is 1. The molecule has 1 rings (SSSR count). The normalized spacial score (nSPS) is 11.5. The molecule has 5 nitrogen and oxygen atoms in total. The predicted octanol–water partition coefficient (Wildman–Crippen LogP) is 2.02. The van der Waals surface area contributed by atoms with E-state index in [0.29, 0.717) is 23.4 Å². The number of benzene rings is 1. The van der Waals surface area contributed by atoms with E-state index in [1.165, 1.54) is 7.11 Å². The Labute approximate surface area is 113 Å². The molecule has 0 aliphatic carbocycles. The minimum atomic E-state index is -0.573. The lowest BCUT2D eigenvalue weighted by Gasteiger charge is -2.15. The average molecular weight is 261 g/mol. The molecule has 0 aromatic heterocycles. The third-order valence-electron chi connectivity index (χ3n) is 2.82. The summed E-state index contributed by atoms with van der Waals surface area (Å²) in [6.07, 6.45) is 2.50. The maximum Gasteiger partial charge on any atom is 0.241 e. The number of nitrogens with two attached hydrogens (primary N) is 1. The molecule has 1 aromatic carbocycles. The largest absolute Gasteiger partial charge is 0.495 e. The van der Waals surface area contributed by atoms with E-state index in [0.717, 1.165) is 12.8 Å². The molecule has 0 bridgehead atoms. The molecule has 1 atom stereocenters. The number of carbonyl (C=O) groups is 1. The Morgan fingerprint density at radius 2 is 2.32 bits per heavy atom. The standard InChI is InChI=1S/C14H19N3O2/c1-3-4-7-11(16)14(18)17-13-10(9-15)6-5-8-12(13)19-2/h5-6,8,11H,3-4,7,16H2,1-2H3,(H,17,18)/t11-/m0/s1. The van der Waals surface area contributed by atoms with Crippen LogP contribution in [0.4, 0.5) is 5.69 Å². The summed E-state index contributed by atoms with van der Waals surface area (Å²) in [7, 11) is 1.49. The highest BCUT2D eigenvalue weighted by molar-refractivity contribution is 5.97. The van der Waals surface area contributed by atoms with E-state index in [2.05, 4.69) is 5.32 Å². The van der Waals surface area contributed by atoms with Crippen LogP contribution in [0.2, 0.25) is 0 Å². The van der Waals surface area contributed by atoms with Crippen molar-refractivity contribution in [3.05, 3.63) is 23.8 Å². The first-order valence-corrected chi connectivity index (χ1v) is 6.27. The van der Waals surface area contributed by atoms with Gasteiger partial charge in [0.2, 0.25) is 5.91 Å². The minimum Gasteiger partial charge on any atom is -0.495 e. The van der Waals surface area contributed by atoms with Gasteiger partial charge in [0, 0.05) is 0 Å². The first-order chi connectivity index (χ1) is 9.13. The number of carbonyl (C=O) groups excluding carboxylic acids is 1. The van der Waals surface area contributed by atoms with Crippen LogP contribution < -0.4 is 15.8 Å². The molecule has 0 fully saturated rings. The molecule has 102 valence electrons. The summed E-state index contributed by atoms with van der Waals surface area (Å²) in [5.41, 5.74) is 6.53. The molecule has 0 saturated heterocycles. The van der Waals surface area contributed by atoms with Crippen molar-refractivity contribution >= 4 is 11.6 Å². The van der Waals surface area contributed by atoms with Gasteiger partial charge in [0.1, 0.15) is 17.5 Å². The van der Waals surface area contributed by atoms with Crippen LogP contribution in [0.5, 0.6) is 5.75 Å². The van der Waals surface area contributed by atoms with E-state index >= 15 is 0 Å². The summed E-state index contributed by atoms with van der Waals surface area (Å²) >= 11 is 0. The first kappa shape index (κ1) is 15.0. The Balaban J connectivity index is 2.87. The molecular weight excluding hydrogens is 242 g/mol. The summed E-state index contributed by atoms with van der Waals surface area (Å²) in [4.78, 5) is 12.0. The topological polar surface area (TPSA) is 88.1 Å². The SMILES string of the molecule is CCCC[C@H](N)C(=O)Nc1c(C#N)cccc1OC. The Hall–Kier alpha value is -2.06. The van der Waals surface area contributed by atoms with Crippen molar-refractivity contribution in [2.45, 2.75) is 32.2 Å². The number of nitrogens with zero attached hydrogens (tertiary/aromatic N) is 1. The number of hydrogen-bond acceptors (Lipinski definition) is 4. The lowest BCUT2D eigenvalue weighted by Crippen LogP contribution is -2.35. The molecule has 0 saturated carbocycles. The van der Waals surface area contributed by atoms with Gasteiger partial charge in [0.05, 0.1) is 18.7 Å². The van der Waals surface area contributed by atoms with E-state index in [4.69, 9.17) is 15.7 Å². The number of nitrogens with one attached hydrogen (secondary N) is 1. The van der Waals surface area contributed by atoms with Crippen LogP contribution >= 0.6 is 0 Å². The molecule has 0 radical (unpaired) electrons. The van der Waals surface area contributed by atoms with E-state index in [-0.39, 0.29) is 5.91 Å². The number of para-hydroxylation sites is 1. The molecule has 0 unspecified atom stereocenters. The summed E-state index contributed by atoms with van der Waals surface area (Å²) in [5, 5.41) is 11.7. The van der Waals surface area contributed by atoms with E-state index in [1.54, 1.807) is 18.2 Å². The highest BCUT2D eigenvalue weighted by atomic mass is 16.5. The van der Waals surface area contributed by atoms with Gasteiger partial charge in [0.25, 0.3) is 0 Å². The number of ether oxygens (including phenoxy) is 1. The summed E-state index contributed by atoms with van der Waals surface area (Å²) < 4.78 is 5.14. The molecule has 1 amide bonds. The summed E-state index contributed by atoms with van der Waals surface area (Å²) in [5.74, 6) is 0.157. The Bertz CT molecular complexity index is 480. The fraction of sp³-hybridized carbons (Fsp3) is 0.429. The number of methoxy groups -OCH3 is 1. The monoisotopic (exact) mass is 261 g/mol. The molecule has 0 spiro atoms. The quantitative estimate of drug-likeness (QED) is 0.820. The summed E-state index contributed by atoms with van der Waals surface area (Å²) in [6, 6.07) is 6.46. The van der Waals surface area contributed by atoms with Gasteiger partial charge in [0.15, 0.2) is 0 Å². The van der Waals surface area contributed by atoms with Crippen LogP contribution in [-0.2, 0) is 4.79 Å². The van der Waals surface area contributed by atoms with Gasteiger partial charge in [-0.15, -0.1) is 0 Å². The van der Waals surface area contributed by atoms with Gasteiger partial charge < -0.3 is 15.8 Å². The lowest BCUT2D eigenvalue weighted by molar-refractivity contribution is -0.117. The van der Waals surface area contributed by atoms with E-state index in [9.17, 15) is 4.79 Å². The fourth-order valence-electron chi connectivity index (χ4n) is 1.69.